The van der Waals surface area contributed by atoms with E-state index >= 15 is 0 Å². The molecule has 0 bridgehead atoms. The number of carbonyl (C=O) groups is 1. The van der Waals surface area contributed by atoms with Crippen molar-refractivity contribution in [3.8, 4) is 5.75 Å². The summed E-state index contributed by atoms with van der Waals surface area (Å²) >= 11 is 0. The number of amides is 1. The van der Waals surface area contributed by atoms with Gasteiger partial charge in [0.05, 0.1) is 7.11 Å². The van der Waals surface area contributed by atoms with Gasteiger partial charge in [-0.2, -0.15) is 0 Å². The highest BCUT2D eigenvalue weighted by Crippen LogP contribution is 2.31. The number of rotatable bonds is 9. The highest BCUT2D eigenvalue weighted by Gasteiger charge is 2.19. The molecule has 5 heteroatoms. The van der Waals surface area contributed by atoms with Gasteiger partial charge in [-0.15, -0.1) is 0 Å². The van der Waals surface area contributed by atoms with Crippen LogP contribution in [0.25, 0.3) is 10.9 Å². The monoisotopic (exact) mass is 441 g/mol. The minimum atomic E-state index is 0.0561. The molecule has 3 aromatic carbocycles. The van der Waals surface area contributed by atoms with Crippen LogP contribution < -0.4 is 15.0 Å². The minimum absolute atomic E-state index is 0.0561. The van der Waals surface area contributed by atoms with Gasteiger partial charge in [0.25, 0.3) is 0 Å². The Labute approximate surface area is 195 Å². The van der Waals surface area contributed by atoms with E-state index in [-0.39, 0.29) is 11.8 Å². The Kier molecular flexibility index (Phi) is 6.98. The first-order chi connectivity index (χ1) is 16.0. The molecule has 0 aliphatic rings. The normalized spacial score (nSPS) is 11.8. The molecule has 5 nitrogen and oxygen atoms in total. The number of methoxy groups -OCH3 is 1. The van der Waals surface area contributed by atoms with Gasteiger partial charge in [-0.3, -0.25) is 4.79 Å². The number of benzene rings is 3. The number of anilines is 1. The molecule has 0 saturated heterocycles. The molecular weight excluding hydrogens is 410 g/mol. The first kappa shape index (κ1) is 22.5. The predicted molar refractivity (Wildman–Crippen MR) is 135 cm³/mol. The molecular formula is C28H31N3O2. The molecule has 0 fully saturated rings. The Hall–Kier alpha value is -3.73. The van der Waals surface area contributed by atoms with Crippen molar-refractivity contribution in [1.29, 1.82) is 0 Å². The maximum absolute atomic E-state index is 12.7. The molecule has 1 heterocycles. The first-order valence-electron chi connectivity index (χ1n) is 11.3. The molecule has 4 aromatic rings. The molecule has 1 atom stereocenters. The Morgan fingerprint density at radius 3 is 2.42 bits per heavy atom. The van der Waals surface area contributed by atoms with E-state index in [4.69, 9.17) is 4.74 Å². The summed E-state index contributed by atoms with van der Waals surface area (Å²) in [7, 11) is 5.73. The molecule has 0 saturated carbocycles. The van der Waals surface area contributed by atoms with Crippen molar-refractivity contribution in [2.45, 2.75) is 18.8 Å². The first-order valence-corrected chi connectivity index (χ1v) is 11.3. The molecule has 0 radical (unpaired) electrons. The van der Waals surface area contributed by atoms with Crippen LogP contribution in [-0.2, 0) is 11.2 Å². The van der Waals surface area contributed by atoms with Crippen LogP contribution in [-0.4, -0.2) is 38.6 Å². The van der Waals surface area contributed by atoms with Crippen LogP contribution in [0, 0.1) is 0 Å². The van der Waals surface area contributed by atoms with Crippen LogP contribution in [0.15, 0.2) is 79.0 Å². The SMILES string of the molecule is COc1ccc(CCC(=O)NC[C@H](c2ccc(N(C)C)cc2)c2c[nH]c3ccccc23)cc1. The van der Waals surface area contributed by atoms with Crippen molar-refractivity contribution in [3.05, 3.63) is 95.7 Å². The van der Waals surface area contributed by atoms with Crippen LogP contribution in [0.3, 0.4) is 0 Å². The van der Waals surface area contributed by atoms with Crippen molar-refractivity contribution in [2.75, 3.05) is 32.6 Å². The van der Waals surface area contributed by atoms with Gasteiger partial charge in [0.1, 0.15) is 5.75 Å². The number of nitrogens with zero attached hydrogens (tertiary/aromatic N) is 1. The Morgan fingerprint density at radius 2 is 1.73 bits per heavy atom. The lowest BCUT2D eigenvalue weighted by molar-refractivity contribution is -0.121. The van der Waals surface area contributed by atoms with Crippen LogP contribution >= 0.6 is 0 Å². The van der Waals surface area contributed by atoms with Crippen molar-refractivity contribution >= 4 is 22.5 Å². The summed E-state index contributed by atoms with van der Waals surface area (Å²) in [5.74, 6) is 0.938. The van der Waals surface area contributed by atoms with E-state index in [1.165, 1.54) is 16.5 Å². The summed E-state index contributed by atoms with van der Waals surface area (Å²) in [4.78, 5) is 18.2. The maximum Gasteiger partial charge on any atom is 0.220 e. The molecule has 33 heavy (non-hydrogen) atoms. The van der Waals surface area contributed by atoms with Crippen molar-refractivity contribution in [2.24, 2.45) is 0 Å². The standard InChI is InChI=1S/C28H31N3O2/c1-31(2)22-13-11-21(12-14-22)25(26-19-29-27-7-5-4-6-24(26)27)18-30-28(32)17-10-20-8-15-23(33-3)16-9-20/h4-9,11-16,19,25,29H,10,17-18H2,1-3H3,(H,30,32)/t25-/m1/s1. The summed E-state index contributed by atoms with van der Waals surface area (Å²) in [6, 6.07) is 24.7. The fourth-order valence-electron chi connectivity index (χ4n) is 4.15. The number of fused-ring (bicyclic) bond motifs is 1. The number of aromatic amines is 1. The molecule has 0 aliphatic carbocycles. The zero-order valence-electron chi connectivity index (χ0n) is 19.5. The Balaban J connectivity index is 1.49. The van der Waals surface area contributed by atoms with E-state index in [1.807, 2.05) is 44.4 Å². The topological polar surface area (TPSA) is 57.4 Å². The summed E-state index contributed by atoms with van der Waals surface area (Å²) in [6.07, 6.45) is 3.22. The van der Waals surface area contributed by atoms with E-state index in [2.05, 4.69) is 63.9 Å². The van der Waals surface area contributed by atoms with E-state index in [0.717, 1.165) is 22.5 Å². The quantitative estimate of drug-likeness (QED) is 0.379. The van der Waals surface area contributed by atoms with Gasteiger partial charge >= 0.3 is 0 Å². The second kappa shape index (κ2) is 10.3. The van der Waals surface area contributed by atoms with Gasteiger partial charge in [-0.1, -0.05) is 42.5 Å². The number of aromatic nitrogens is 1. The molecule has 170 valence electrons. The summed E-state index contributed by atoms with van der Waals surface area (Å²) < 4.78 is 5.20. The highest BCUT2D eigenvalue weighted by atomic mass is 16.5. The Morgan fingerprint density at radius 1 is 1.00 bits per heavy atom. The number of H-pyrrole nitrogens is 1. The van der Waals surface area contributed by atoms with Crippen LogP contribution in [0.2, 0.25) is 0 Å². The molecule has 0 unspecified atom stereocenters. The zero-order chi connectivity index (χ0) is 23.2. The zero-order valence-corrected chi connectivity index (χ0v) is 19.5. The molecule has 2 N–H and O–H groups in total. The molecule has 4 rings (SSSR count). The number of hydrogen-bond donors (Lipinski definition) is 2. The lowest BCUT2D eigenvalue weighted by Crippen LogP contribution is -2.29. The third-order valence-corrected chi connectivity index (χ3v) is 6.11. The number of hydrogen-bond acceptors (Lipinski definition) is 3. The molecule has 1 amide bonds. The van der Waals surface area contributed by atoms with E-state index in [0.29, 0.717) is 19.4 Å². The number of aryl methyl sites for hydroxylation is 1. The van der Waals surface area contributed by atoms with Gasteiger partial charge in [-0.25, -0.2) is 0 Å². The maximum atomic E-state index is 12.7. The number of ether oxygens (including phenoxy) is 1. The fraction of sp³-hybridized carbons (Fsp3) is 0.250. The van der Waals surface area contributed by atoms with Crippen molar-refractivity contribution in [3.63, 3.8) is 0 Å². The second-order valence-corrected chi connectivity index (χ2v) is 8.48. The van der Waals surface area contributed by atoms with E-state index < -0.39 is 0 Å². The van der Waals surface area contributed by atoms with Crippen molar-refractivity contribution < 1.29 is 9.53 Å². The molecule has 1 aromatic heterocycles. The lowest BCUT2D eigenvalue weighted by atomic mass is 9.90. The van der Waals surface area contributed by atoms with Crippen LogP contribution in [0.5, 0.6) is 5.75 Å². The van der Waals surface area contributed by atoms with Crippen molar-refractivity contribution in [1.82, 2.24) is 10.3 Å². The smallest absolute Gasteiger partial charge is 0.220 e. The molecule has 0 aliphatic heterocycles. The van der Waals surface area contributed by atoms with Crippen LogP contribution in [0.4, 0.5) is 5.69 Å². The van der Waals surface area contributed by atoms with Gasteiger partial charge in [0.2, 0.25) is 5.91 Å². The third kappa shape index (κ3) is 5.37. The fourth-order valence-corrected chi connectivity index (χ4v) is 4.15. The van der Waals surface area contributed by atoms with Gasteiger partial charge in [0.15, 0.2) is 0 Å². The lowest BCUT2D eigenvalue weighted by Gasteiger charge is -2.20. The van der Waals surface area contributed by atoms with Gasteiger partial charge < -0.3 is 19.9 Å². The summed E-state index contributed by atoms with van der Waals surface area (Å²) in [5.41, 5.74) is 5.76. The van der Waals surface area contributed by atoms with E-state index in [9.17, 15) is 4.79 Å². The van der Waals surface area contributed by atoms with Gasteiger partial charge in [0, 0.05) is 55.8 Å². The number of para-hydroxylation sites is 1. The summed E-state index contributed by atoms with van der Waals surface area (Å²) in [6.45, 7) is 0.546. The second-order valence-electron chi connectivity index (χ2n) is 8.48. The predicted octanol–water partition coefficient (Wildman–Crippen LogP) is 5.12. The number of carbonyl (C=O) groups excluding carboxylic acids is 1. The van der Waals surface area contributed by atoms with Crippen LogP contribution in [0.1, 0.15) is 29.0 Å². The van der Waals surface area contributed by atoms with E-state index in [1.54, 1.807) is 7.11 Å². The highest BCUT2D eigenvalue weighted by molar-refractivity contribution is 5.84. The van der Waals surface area contributed by atoms with Gasteiger partial charge in [-0.05, 0) is 53.4 Å². The Bertz CT molecular complexity index is 1190. The number of nitrogens with one attached hydrogen (secondary N) is 2. The third-order valence-electron chi connectivity index (χ3n) is 6.11. The summed E-state index contributed by atoms with van der Waals surface area (Å²) in [5, 5.41) is 4.36. The molecule has 0 spiro atoms. The largest absolute Gasteiger partial charge is 0.497 e. The average molecular weight is 442 g/mol. The minimum Gasteiger partial charge on any atom is -0.497 e. The average Bonchev–Trinajstić information content (AvgIpc) is 3.27.